The van der Waals surface area contributed by atoms with Crippen LogP contribution in [0.1, 0.15) is 49.9 Å². The van der Waals surface area contributed by atoms with Crippen LogP contribution in [0.4, 0.5) is 0 Å². The van der Waals surface area contributed by atoms with Crippen molar-refractivity contribution in [3.8, 4) is 11.5 Å². The van der Waals surface area contributed by atoms with E-state index in [0.29, 0.717) is 12.6 Å². The van der Waals surface area contributed by atoms with E-state index in [9.17, 15) is 0 Å². The summed E-state index contributed by atoms with van der Waals surface area (Å²) in [6, 6.07) is 10.9. The fourth-order valence-corrected chi connectivity index (χ4v) is 2.89. The molecule has 0 saturated carbocycles. The van der Waals surface area contributed by atoms with E-state index >= 15 is 0 Å². The van der Waals surface area contributed by atoms with Crippen molar-refractivity contribution in [2.24, 2.45) is 0 Å². The number of ether oxygens (including phenoxy) is 2. The van der Waals surface area contributed by atoms with Crippen molar-refractivity contribution >= 4 is 0 Å². The summed E-state index contributed by atoms with van der Waals surface area (Å²) < 4.78 is 11.5. The third-order valence-corrected chi connectivity index (χ3v) is 4.24. The predicted octanol–water partition coefficient (Wildman–Crippen LogP) is 4.04. The van der Waals surface area contributed by atoms with Gasteiger partial charge in [-0.3, -0.25) is 4.98 Å². The predicted molar refractivity (Wildman–Crippen MR) is 90.9 cm³/mol. The molecule has 1 N–H and O–H groups in total. The van der Waals surface area contributed by atoms with Crippen LogP contribution in [0, 0.1) is 0 Å². The summed E-state index contributed by atoms with van der Waals surface area (Å²) in [5.41, 5.74) is 2.48. The van der Waals surface area contributed by atoms with Gasteiger partial charge in [0.25, 0.3) is 0 Å². The van der Waals surface area contributed by atoms with Gasteiger partial charge in [0.15, 0.2) is 11.5 Å². The molecule has 4 nitrogen and oxygen atoms in total. The smallest absolute Gasteiger partial charge is 0.161 e. The molecule has 0 bridgehead atoms. The lowest BCUT2D eigenvalue weighted by atomic mass is 10.0. The first-order chi connectivity index (χ1) is 11.3. The first-order valence-corrected chi connectivity index (χ1v) is 8.33. The van der Waals surface area contributed by atoms with Crippen molar-refractivity contribution in [2.75, 3.05) is 13.2 Å². The molecule has 2 aromatic rings. The highest BCUT2D eigenvalue weighted by molar-refractivity contribution is 5.44. The Bertz CT molecular complexity index is 631. The summed E-state index contributed by atoms with van der Waals surface area (Å²) in [5.74, 6) is 1.70. The van der Waals surface area contributed by atoms with E-state index in [4.69, 9.17) is 9.47 Å². The third kappa shape index (κ3) is 3.82. The Morgan fingerprint density at radius 3 is 2.52 bits per heavy atom. The standard InChI is InChI=1S/C19H24N2O2/c1-3-17(15-7-9-20-10-8-15)21-14(2)16-5-6-18-19(13-16)23-12-4-11-22-18/h5-10,13-14,17,21H,3-4,11-12H2,1-2H3/t14-,17+/m1/s1. The second-order valence-electron chi connectivity index (χ2n) is 5.89. The van der Waals surface area contributed by atoms with Crippen LogP contribution in [-0.2, 0) is 0 Å². The largest absolute Gasteiger partial charge is 0.490 e. The summed E-state index contributed by atoms with van der Waals surface area (Å²) in [5, 5.41) is 3.70. The zero-order chi connectivity index (χ0) is 16.1. The summed E-state index contributed by atoms with van der Waals surface area (Å²) >= 11 is 0. The minimum Gasteiger partial charge on any atom is -0.490 e. The Morgan fingerprint density at radius 1 is 1.04 bits per heavy atom. The number of benzene rings is 1. The number of hydrogen-bond acceptors (Lipinski definition) is 4. The Labute approximate surface area is 137 Å². The maximum absolute atomic E-state index is 5.79. The molecule has 2 heterocycles. The molecule has 1 aromatic heterocycles. The fourth-order valence-electron chi connectivity index (χ4n) is 2.89. The van der Waals surface area contributed by atoms with Crippen LogP contribution in [-0.4, -0.2) is 18.2 Å². The van der Waals surface area contributed by atoms with Gasteiger partial charge in [-0.2, -0.15) is 0 Å². The molecule has 1 aliphatic rings. The van der Waals surface area contributed by atoms with Crippen molar-refractivity contribution in [1.29, 1.82) is 0 Å². The Balaban J connectivity index is 1.75. The second kappa shape index (κ2) is 7.47. The van der Waals surface area contributed by atoms with Crippen LogP contribution < -0.4 is 14.8 Å². The van der Waals surface area contributed by atoms with E-state index < -0.39 is 0 Å². The van der Waals surface area contributed by atoms with Crippen molar-refractivity contribution in [1.82, 2.24) is 10.3 Å². The highest BCUT2D eigenvalue weighted by Gasteiger charge is 2.17. The van der Waals surface area contributed by atoms with Crippen LogP contribution in [0.15, 0.2) is 42.7 Å². The Kier molecular flexibility index (Phi) is 5.13. The minimum atomic E-state index is 0.227. The topological polar surface area (TPSA) is 43.4 Å². The van der Waals surface area contributed by atoms with Gasteiger partial charge < -0.3 is 14.8 Å². The van der Waals surface area contributed by atoms with Crippen molar-refractivity contribution in [2.45, 2.75) is 38.8 Å². The van der Waals surface area contributed by atoms with Crippen molar-refractivity contribution < 1.29 is 9.47 Å². The van der Waals surface area contributed by atoms with Gasteiger partial charge in [0.1, 0.15) is 0 Å². The van der Waals surface area contributed by atoms with Gasteiger partial charge in [0.2, 0.25) is 0 Å². The van der Waals surface area contributed by atoms with Crippen LogP contribution in [0.5, 0.6) is 11.5 Å². The molecule has 0 spiro atoms. The number of aromatic nitrogens is 1. The van der Waals surface area contributed by atoms with Crippen molar-refractivity contribution in [3.63, 3.8) is 0 Å². The number of pyridine rings is 1. The van der Waals surface area contributed by atoms with Gasteiger partial charge in [-0.15, -0.1) is 0 Å². The first-order valence-electron chi connectivity index (χ1n) is 8.33. The Hall–Kier alpha value is -2.07. The quantitative estimate of drug-likeness (QED) is 0.904. The zero-order valence-corrected chi connectivity index (χ0v) is 13.8. The van der Waals surface area contributed by atoms with E-state index in [-0.39, 0.29) is 6.04 Å². The molecule has 0 amide bonds. The van der Waals surface area contributed by atoms with Crippen LogP contribution in [0.3, 0.4) is 0 Å². The van der Waals surface area contributed by atoms with Gasteiger partial charge in [-0.1, -0.05) is 13.0 Å². The molecule has 1 aromatic carbocycles. The minimum absolute atomic E-state index is 0.227. The number of rotatable bonds is 5. The highest BCUT2D eigenvalue weighted by Crippen LogP contribution is 2.33. The molecule has 0 fully saturated rings. The summed E-state index contributed by atoms with van der Waals surface area (Å²) in [7, 11) is 0. The molecule has 4 heteroatoms. The van der Waals surface area contributed by atoms with Crippen LogP contribution >= 0.6 is 0 Å². The van der Waals surface area contributed by atoms with Gasteiger partial charge in [0.05, 0.1) is 13.2 Å². The second-order valence-corrected chi connectivity index (χ2v) is 5.89. The monoisotopic (exact) mass is 312 g/mol. The molecule has 0 unspecified atom stereocenters. The van der Waals surface area contributed by atoms with Gasteiger partial charge in [-0.05, 0) is 48.7 Å². The average molecular weight is 312 g/mol. The maximum atomic E-state index is 5.79. The molecule has 3 rings (SSSR count). The fraction of sp³-hybridized carbons (Fsp3) is 0.421. The summed E-state index contributed by atoms with van der Waals surface area (Å²) in [4.78, 5) is 4.10. The summed E-state index contributed by atoms with van der Waals surface area (Å²) in [6.07, 6.45) is 5.65. The Morgan fingerprint density at radius 2 is 1.78 bits per heavy atom. The van der Waals surface area contributed by atoms with E-state index in [1.54, 1.807) is 0 Å². The number of fused-ring (bicyclic) bond motifs is 1. The molecule has 1 aliphatic heterocycles. The van der Waals surface area contributed by atoms with Crippen LogP contribution in [0.2, 0.25) is 0 Å². The number of nitrogens with zero attached hydrogens (tertiary/aromatic N) is 1. The first kappa shape index (κ1) is 15.8. The lowest BCUT2D eigenvalue weighted by molar-refractivity contribution is 0.297. The molecule has 2 atom stereocenters. The van der Waals surface area contributed by atoms with E-state index in [0.717, 1.165) is 30.9 Å². The summed E-state index contributed by atoms with van der Waals surface area (Å²) in [6.45, 7) is 5.81. The third-order valence-electron chi connectivity index (χ3n) is 4.24. The van der Waals surface area contributed by atoms with Gasteiger partial charge >= 0.3 is 0 Å². The maximum Gasteiger partial charge on any atom is 0.161 e. The molecule has 0 aliphatic carbocycles. The van der Waals surface area contributed by atoms with Crippen LogP contribution in [0.25, 0.3) is 0 Å². The van der Waals surface area contributed by atoms with Gasteiger partial charge in [0, 0.05) is 30.9 Å². The van der Waals surface area contributed by atoms with Gasteiger partial charge in [-0.25, -0.2) is 0 Å². The molecule has 0 radical (unpaired) electrons. The average Bonchev–Trinajstić information content (AvgIpc) is 2.84. The highest BCUT2D eigenvalue weighted by atomic mass is 16.5. The zero-order valence-electron chi connectivity index (χ0n) is 13.8. The lowest BCUT2D eigenvalue weighted by Crippen LogP contribution is -2.24. The van der Waals surface area contributed by atoms with E-state index in [1.165, 1.54) is 11.1 Å². The normalized spacial score (nSPS) is 16.4. The number of nitrogens with one attached hydrogen (secondary N) is 1. The number of hydrogen-bond donors (Lipinski definition) is 1. The molecule has 23 heavy (non-hydrogen) atoms. The lowest BCUT2D eigenvalue weighted by Gasteiger charge is -2.23. The van der Waals surface area contributed by atoms with Crippen molar-refractivity contribution in [3.05, 3.63) is 53.9 Å². The van der Waals surface area contributed by atoms with E-state index in [1.807, 2.05) is 18.5 Å². The van der Waals surface area contributed by atoms with E-state index in [2.05, 4.69) is 48.4 Å². The SMILES string of the molecule is CC[C@H](N[C@H](C)c1ccc2c(c1)OCCCO2)c1ccncc1. The molecular weight excluding hydrogens is 288 g/mol. The molecule has 0 saturated heterocycles. The molecular formula is C19H24N2O2. The molecule has 122 valence electrons.